The summed E-state index contributed by atoms with van der Waals surface area (Å²) in [7, 11) is 0. The standard InChI is InChI=1S/C13H17N3O4/c1-4-5-16(7-12(18)19)11(17)6-10-8(2)14-13(20)15-9(10)3/h4H,1,5-7H2,2-3H3,(H,18,19)(H,14,15,20). The van der Waals surface area contributed by atoms with Gasteiger partial charge in [-0.05, 0) is 13.8 Å². The number of hydrogen-bond donors (Lipinski definition) is 2. The van der Waals surface area contributed by atoms with Crippen LogP contribution in [0.15, 0.2) is 17.4 Å². The van der Waals surface area contributed by atoms with Gasteiger partial charge in [0.25, 0.3) is 0 Å². The minimum atomic E-state index is -1.09. The lowest BCUT2D eigenvalue weighted by Crippen LogP contribution is -2.37. The van der Waals surface area contributed by atoms with Gasteiger partial charge in [0, 0.05) is 23.5 Å². The van der Waals surface area contributed by atoms with Crippen molar-refractivity contribution < 1.29 is 14.7 Å². The van der Waals surface area contributed by atoms with Crippen molar-refractivity contribution in [3.8, 4) is 0 Å². The second-order valence-electron chi connectivity index (χ2n) is 4.36. The average Bonchev–Trinajstić information content (AvgIpc) is 2.32. The van der Waals surface area contributed by atoms with Gasteiger partial charge in [0.05, 0.1) is 6.42 Å². The second-order valence-corrected chi connectivity index (χ2v) is 4.36. The Morgan fingerprint density at radius 2 is 2.10 bits per heavy atom. The number of carboxylic acids is 1. The number of hydrogen-bond acceptors (Lipinski definition) is 4. The third kappa shape index (κ3) is 4.04. The highest BCUT2D eigenvalue weighted by atomic mass is 16.4. The van der Waals surface area contributed by atoms with Crippen molar-refractivity contribution in [1.82, 2.24) is 14.9 Å². The van der Waals surface area contributed by atoms with Crippen molar-refractivity contribution in [2.45, 2.75) is 20.3 Å². The summed E-state index contributed by atoms with van der Waals surface area (Å²) in [5.41, 5.74) is 1.16. The first-order chi connectivity index (χ1) is 9.35. The average molecular weight is 279 g/mol. The quantitative estimate of drug-likeness (QED) is 0.715. The van der Waals surface area contributed by atoms with Gasteiger partial charge in [0.15, 0.2) is 0 Å². The van der Waals surface area contributed by atoms with Gasteiger partial charge in [-0.25, -0.2) is 4.79 Å². The molecular weight excluding hydrogens is 262 g/mol. The van der Waals surface area contributed by atoms with Crippen LogP contribution < -0.4 is 5.69 Å². The van der Waals surface area contributed by atoms with Gasteiger partial charge in [-0.2, -0.15) is 4.98 Å². The molecule has 20 heavy (non-hydrogen) atoms. The number of amides is 1. The zero-order chi connectivity index (χ0) is 15.3. The molecular formula is C13H17N3O4. The molecule has 1 heterocycles. The fourth-order valence-electron chi connectivity index (χ4n) is 1.85. The van der Waals surface area contributed by atoms with Crippen LogP contribution in [-0.2, 0) is 16.0 Å². The van der Waals surface area contributed by atoms with E-state index >= 15 is 0 Å². The van der Waals surface area contributed by atoms with Crippen LogP contribution in [-0.4, -0.2) is 44.9 Å². The number of aromatic nitrogens is 2. The number of nitrogens with one attached hydrogen (secondary N) is 1. The lowest BCUT2D eigenvalue weighted by molar-refractivity contribution is -0.143. The van der Waals surface area contributed by atoms with Crippen molar-refractivity contribution >= 4 is 11.9 Å². The summed E-state index contributed by atoms with van der Waals surface area (Å²) in [5.74, 6) is -1.44. The van der Waals surface area contributed by atoms with Crippen LogP contribution in [0.5, 0.6) is 0 Å². The summed E-state index contributed by atoms with van der Waals surface area (Å²) < 4.78 is 0. The maximum Gasteiger partial charge on any atom is 0.345 e. The second kappa shape index (κ2) is 6.65. The van der Waals surface area contributed by atoms with Gasteiger partial charge in [-0.15, -0.1) is 6.58 Å². The smallest absolute Gasteiger partial charge is 0.345 e. The van der Waals surface area contributed by atoms with E-state index in [0.29, 0.717) is 17.0 Å². The van der Waals surface area contributed by atoms with Crippen LogP contribution >= 0.6 is 0 Å². The summed E-state index contributed by atoms with van der Waals surface area (Å²) in [6.45, 7) is 6.57. The van der Waals surface area contributed by atoms with Crippen LogP contribution in [0.3, 0.4) is 0 Å². The van der Waals surface area contributed by atoms with Gasteiger partial charge in [-0.1, -0.05) is 6.08 Å². The molecule has 0 aromatic carbocycles. The van der Waals surface area contributed by atoms with Crippen molar-refractivity contribution in [2.75, 3.05) is 13.1 Å². The fraction of sp³-hybridized carbons (Fsp3) is 0.385. The molecule has 0 fully saturated rings. The molecule has 0 aliphatic carbocycles. The van der Waals surface area contributed by atoms with Crippen LogP contribution in [0.4, 0.5) is 0 Å². The summed E-state index contributed by atoms with van der Waals surface area (Å²) in [6, 6.07) is 0. The zero-order valence-corrected chi connectivity index (χ0v) is 11.5. The Hall–Kier alpha value is -2.44. The number of H-pyrrole nitrogens is 1. The highest BCUT2D eigenvalue weighted by Gasteiger charge is 2.18. The van der Waals surface area contributed by atoms with Gasteiger partial charge in [-0.3, -0.25) is 9.59 Å². The van der Waals surface area contributed by atoms with Crippen LogP contribution in [0.1, 0.15) is 17.0 Å². The molecule has 0 bridgehead atoms. The Labute approximate surface area is 116 Å². The van der Waals surface area contributed by atoms with E-state index in [0.717, 1.165) is 0 Å². The fourth-order valence-corrected chi connectivity index (χ4v) is 1.85. The van der Waals surface area contributed by atoms with Gasteiger partial charge in [0.1, 0.15) is 6.54 Å². The lowest BCUT2D eigenvalue weighted by atomic mass is 10.1. The summed E-state index contributed by atoms with van der Waals surface area (Å²) in [4.78, 5) is 41.5. The Balaban J connectivity index is 2.96. The van der Waals surface area contributed by atoms with E-state index in [4.69, 9.17) is 5.11 Å². The van der Waals surface area contributed by atoms with E-state index < -0.39 is 11.7 Å². The third-order valence-corrected chi connectivity index (χ3v) is 2.81. The molecule has 1 aromatic rings. The SMILES string of the molecule is C=CCN(CC(=O)O)C(=O)Cc1c(C)nc(=O)[nH]c1C. The molecule has 0 radical (unpaired) electrons. The first-order valence-corrected chi connectivity index (χ1v) is 6.02. The number of rotatable bonds is 6. The molecule has 7 nitrogen and oxygen atoms in total. The van der Waals surface area contributed by atoms with E-state index in [1.807, 2.05) is 0 Å². The molecule has 1 rings (SSSR count). The molecule has 0 spiro atoms. The minimum absolute atomic E-state index is 0.0113. The molecule has 0 saturated carbocycles. The summed E-state index contributed by atoms with van der Waals surface area (Å²) >= 11 is 0. The molecule has 0 saturated heterocycles. The van der Waals surface area contributed by atoms with Crippen molar-refractivity contribution in [2.24, 2.45) is 0 Å². The Morgan fingerprint density at radius 1 is 1.45 bits per heavy atom. The van der Waals surface area contributed by atoms with E-state index in [2.05, 4.69) is 16.5 Å². The molecule has 0 aliphatic rings. The summed E-state index contributed by atoms with van der Waals surface area (Å²) in [6.07, 6.45) is 1.45. The number of aliphatic carboxylic acids is 1. The molecule has 108 valence electrons. The number of aromatic amines is 1. The van der Waals surface area contributed by atoms with Gasteiger partial charge < -0.3 is 15.0 Å². The first kappa shape index (κ1) is 15.6. The number of nitrogens with zero attached hydrogens (tertiary/aromatic N) is 2. The molecule has 2 N–H and O–H groups in total. The molecule has 7 heteroatoms. The molecule has 0 unspecified atom stereocenters. The molecule has 1 amide bonds. The highest BCUT2D eigenvalue weighted by molar-refractivity contribution is 5.83. The van der Waals surface area contributed by atoms with Crippen molar-refractivity contribution in [1.29, 1.82) is 0 Å². The van der Waals surface area contributed by atoms with E-state index in [-0.39, 0.29) is 25.4 Å². The van der Waals surface area contributed by atoms with Crippen molar-refractivity contribution in [3.63, 3.8) is 0 Å². The van der Waals surface area contributed by atoms with E-state index in [1.54, 1.807) is 13.8 Å². The summed E-state index contributed by atoms with van der Waals surface area (Å²) in [5, 5.41) is 8.78. The third-order valence-electron chi connectivity index (χ3n) is 2.81. The first-order valence-electron chi connectivity index (χ1n) is 6.02. The topological polar surface area (TPSA) is 103 Å². The van der Waals surface area contributed by atoms with Gasteiger partial charge >= 0.3 is 11.7 Å². The Bertz CT molecular complexity index is 566. The van der Waals surface area contributed by atoms with Gasteiger partial charge in [0.2, 0.25) is 5.91 Å². The highest BCUT2D eigenvalue weighted by Crippen LogP contribution is 2.09. The minimum Gasteiger partial charge on any atom is -0.480 e. The Morgan fingerprint density at radius 3 is 2.60 bits per heavy atom. The monoisotopic (exact) mass is 279 g/mol. The predicted octanol–water partition coefficient (Wildman–Crippen LogP) is 0.0284. The lowest BCUT2D eigenvalue weighted by Gasteiger charge is -2.19. The van der Waals surface area contributed by atoms with Crippen LogP contribution in [0, 0.1) is 13.8 Å². The molecule has 0 aliphatic heterocycles. The van der Waals surface area contributed by atoms with Crippen LogP contribution in [0.25, 0.3) is 0 Å². The number of aryl methyl sites for hydroxylation is 2. The van der Waals surface area contributed by atoms with Crippen molar-refractivity contribution in [3.05, 3.63) is 40.1 Å². The van der Waals surface area contributed by atoms with Crippen LogP contribution in [0.2, 0.25) is 0 Å². The van der Waals surface area contributed by atoms with E-state index in [9.17, 15) is 14.4 Å². The maximum absolute atomic E-state index is 12.1. The molecule has 1 aromatic heterocycles. The largest absolute Gasteiger partial charge is 0.480 e. The zero-order valence-electron chi connectivity index (χ0n) is 11.5. The normalized spacial score (nSPS) is 10.1. The Kier molecular flexibility index (Phi) is 5.19. The predicted molar refractivity (Wildman–Crippen MR) is 72.4 cm³/mol. The number of carbonyl (C=O) groups is 2. The maximum atomic E-state index is 12.1. The number of carboxylic acid groups (broad SMARTS) is 1. The number of carbonyl (C=O) groups excluding carboxylic acids is 1. The molecule has 0 atom stereocenters. The van der Waals surface area contributed by atoms with E-state index in [1.165, 1.54) is 11.0 Å².